The lowest BCUT2D eigenvalue weighted by Crippen LogP contribution is -2.20. The molecule has 0 aromatic rings. The molecule has 0 rings (SSSR count). The highest BCUT2D eigenvalue weighted by molar-refractivity contribution is 8.68. The Bertz CT molecular complexity index is 225. The molecular formula is C7H16NO3PS2. The summed E-state index contributed by atoms with van der Waals surface area (Å²) in [5.74, 6) is 0.873. The van der Waals surface area contributed by atoms with Crippen LogP contribution in [0.3, 0.4) is 0 Å². The normalized spacial score (nSPS) is 14.5. The van der Waals surface area contributed by atoms with Gasteiger partial charge in [0.05, 0.1) is 6.61 Å². The van der Waals surface area contributed by atoms with Gasteiger partial charge in [-0.2, -0.15) is 0 Å². The van der Waals surface area contributed by atoms with Crippen molar-refractivity contribution in [3.63, 3.8) is 0 Å². The minimum absolute atomic E-state index is 0.337. The molecule has 0 aromatic carbocycles. The molecule has 1 atom stereocenters. The highest BCUT2D eigenvalue weighted by Crippen LogP contribution is 2.55. The monoisotopic (exact) mass is 257 g/mol. The molecule has 0 aliphatic carbocycles. The Hall–Kier alpha value is 0.230. The maximum Gasteiger partial charge on any atom is 0.413 e. The minimum atomic E-state index is -2.28. The number of carbonyl (C=O) groups is 1. The molecular weight excluding hydrogens is 241 g/mol. The first-order valence-corrected chi connectivity index (χ1v) is 8.64. The standard InChI is InChI=1S/C7H16NO3PS2/c1-4-6-14-12(13,10-3)8-7(9)11-5-2/h4-6H2,1-3H3,(H,8,9,13). The largest absolute Gasteiger partial charge is 0.450 e. The lowest BCUT2D eigenvalue weighted by Gasteiger charge is -2.19. The van der Waals surface area contributed by atoms with Gasteiger partial charge in [-0.15, -0.1) is 0 Å². The lowest BCUT2D eigenvalue weighted by atomic mass is 10.6. The van der Waals surface area contributed by atoms with Crippen LogP contribution in [-0.2, 0) is 21.1 Å². The average Bonchev–Trinajstić information content (AvgIpc) is 2.15. The summed E-state index contributed by atoms with van der Waals surface area (Å²) in [6, 6.07) is 0. The summed E-state index contributed by atoms with van der Waals surface area (Å²) in [5, 5.41) is 2.58. The second kappa shape index (κ2) is 7.51. The molecule has 0 aliphatic heterocycles. The fraction of sp³-hybridized carbons (Fsp3) is 0.857. The van der Waals surface area contributed by atoms with Gasteiger partial charge in [0.25, 0.3) is 0 Å². The molecule has 0 spiro atoms. The number of rotatable bonds is 6. The highest BCUT2D eigenvalue weighted by Gasteiger charge is 2.20. The summed E-state index contributed by atoms with van der Waals surface area (Å²) in [7, 11) is 1.51. The molecule has 1 unspecified atom stereocenters. The van der Waals surface area contributed by atoms with Gasteiger partial charge in [0.1, 0.15) is 0 Å². The van der Waals surface area contributed by atoms with E-state index >= 15 is 0 Å². The Kier molecular flexibility index (Phi) is 7.64. The van der Waals surface area contributed by atoms with Crippen molar-refractivity contribution in [3.05, 3.63) is 0 Å². The van der Waals surface area contributed by atoms with E-state index in [1.807, 2.05) is 6.92 Å². The molecule has 0 aliphatic rings. The minimum Gasteiger partial charge on any atom is -0.450 e. The topological polar surface area (TPSA) is 47.6 Å². The van der Waals surface area contributed by atoms with Crippen molar-refractivity contribution >= 4 is 34.9 Å². The zero-order chi connectivity index (χ0) is 11.0. The van der Waals surface area contributed by atoms with Crippen LogP contribution in [0.4, 0.5) is 4.79 Å². The van der Waals surface area contributed by atoms with Crippen LogP contribution in [0, 0.1) is 0 Å². The third-order valence-corrected chi connectivity index (χ3v) is 7.04. The van der Waals surface area contributed by atoms with Gasteiger partial charge >= 0.3 is 6.09 Å². The first kappa shape index (κ1) is 14.2. The number of amides is 1. The van der Waals surface area contributed by atoms with Crippen LogP contribution < -0.4 is 5.09 Å². The molecule has 1 amide bonds. The van der Waals surface area contributed by atoms with Crippen molar-refractivity contribution in [2.45, 2.75) is 20.3 Å². The molecule has 0 bridgehead atoms. The molecule has 7 heteroatoms. The zero-order valence-corrected chi connectivity index (χ0v) is 11.1. The second-order valence-electron chi connectivity index (χ2n) is 2.35. The van der Waals surface area contributed by atoms with E-state index in [0.29, 0.717) is 6.61 Å². The maximum atomic E-state index is 11.1. The van der Waals surface area contributed by atoms with E-state index < -0.39 is 11.7 Å². The Labute approximate surface area is 94.0 Å². The molecule has 4 nitrogen and oxygen atoms in total. The fourth-order valence-electron chi connectivity index (χ4n) is 0.617. The Morgan fingerprint density at radius 3 is 2.64 bits per heavy atom. The molecule has 0 aromatic heterocycles. The van der Waals surface area contributed by atoms with Crippen LogP contribution in [0.2, 0.25) is 0 Å². The number of hydrogen-bond donors (Lipinski definition) is 1. The molecule has 0 saturated carbocycles. The van der Waals surface area contributed by atoms with Gasteiger partial charge in [0, 0.05) is 12.9 Å². The van der Waals surface area contributed by atoms with Crippen molar-refractivity contribution < 1.29 is 14.1 Å². The molecule has 1 N–H and O–H groups in total. The Morgan fingerprint density at radius 2 is 2.21 bits per heavy atom. The summed E-state index contributed by atoms with van der Waals surface area (Å²) >= 11 is 6.67. The summed E-state index contributed by atoms with van der Waals surface area (Å²) in [4.78, 5) is 11.1. The molecule has 0 fully saturated rings. The van der Waals surface area contributed by atoms with Crippen molar-refractivity contribution in [3.8, 4) is 0 Å². The third-order valence-electron chi connectivity index (χ3n) is 1.21. The predicted octanol–water partition coefficient (Wildman–Crippen LogP) is 2.75. The quantitative estimate of drug-likeness (QED) is 0.741. The van der Waals surface area contributed by atoms with Gasteiger partial charge in [-0.3, -0.25) is 5.09 Å². The zero-order valence-electron chi connectivity index (χ0n) is 8.61. The van der Waals surface area contributed by atoms with Crippen LogP contribution in [0.5, 0.6) is 0 Å². The van der Waals surface area contributed by atoms with E-state index in [1.54, 1.807) is 6.92 Å². The number of hydrogen-bond acceptors (Lipinski definition) is 5. The van der Waals surface area contributed by atoms with Gasteiger partial charge in [-0.25, -0.2) is 4.79 Å². The maximum absolute atomic E-state index is 11.1. The van der Waals surface area contributed by atoms with Crippen LogP contribution in [0.25, 0.3) is 0 Å². The van der Waals surface area contributed by atoms with E-state index in [4.69, 9.17) is 21.1 Å². The van der Waals surface area contributed by atoms with Gasteiger partial charge in [0.15, 0.2) is 0 Å². The molecule has 84 valence electrons. The van der Waals surface area contributed by atoms with Crippen molar-refractivity contribution in [2.75, 3.05) is 19.5 Å². The molecule has 0 radical (unpaired) electrons. The average molecular weight is 257 g/mol. The van der Waals surface area contributed by atoms with E-state index in [0.717, 1.165) is 12.2 Å². The summed E-state index contributed by atoms with van der Waals surface area (Å²) < 4.78 is 9.87. The number of carbonyl (C=O) groups excluding carboxylic acids is 1. The van der Waals surface area contributed by atoms with Gasteiger partial charge in [-0.1, -0.05) is 18.3 Å². The van der Waals surface area contributed by atoms with Crippen molar-refractivity contribution in [2.24, 2.45) is 0 Å². The summed E-state index contributed by atoms with van der Waals surface area (Å²) in [6.45, 7) is 4.13. The summed E-state index contributed by atoms with van der Waals surface area (Å²) in [6.07, 6.45) is 0.498. The first-order valence-electron chi connectivity index (χ1n) is 4.33. The third kappa shape index (κ3) is 5.86. The number of ether oxygens (including phenoxy) is 1. The first-order chi connectivity index (χ1) is 6.58. The highest BCUT2D eigenvalue weighted by atomic mass is 32.9. The van der Waals surface area contributed by atoms with Crippen LogP contribution in [0.1, 0.15) is 20.3 Å². The molecule has 14 heavy (non-hydrogen) atoms. The SMILES string of the molecule is CCCSP(=S)(NC(=O)OCC)OC. The van der Waals surface area contributed by atoms with Crippen LogP contribution >= 0.6 is 17.0 Å². The predicted molar refractivity (Wildman–Crippen MR) is 64.2 cm³/mol. The van der Waals surface area contributed by atoms with Gasteiger partial charge < -0.3 is 9.26 Å². The van der Waals surface area contributed by atoms with Gasteiger partial charge in [0.2, 0.25) is 5.62 Å². The van der Waals surface area contributed by atoms with Crippen LogP contribution in [0.15, 0.2) is 0 Å². The van der Waals surface area contributed by atoms with E-state index in [9.17, 15) is 4.79 Å². The van der Waals surface area contributed by atoms with Crippen molar-refractivity contribution in [1.29, 1.82) is 0 Å². The van der Waals surface area contributed by atoms with Crippen molar-refractivity contribution in [1.82, 2.24) is 5.09 Å². The molecule has 0 heterocycles. The van der Waals surface area contributed by atoms with Gasteiger partial charge in [-0.05, 0) is 25.2 Å². The fourth-order valence-corrected chi connectivity index (χ4v) is 4.49. The Balaban J connectivity index is 4.10. The lowest BCUT2D eigenvalue weighted by molar-refractivity contribution is 0.158. The summed E-state index contributed by atoms with van der Waals surface area (Å²) in [5.41, 5.74) is -2.28. The van der Waals surface area contributed by atoms with E-state index in [-0.39, 0.29) is 0 Å². The Morgan fingerprint density at radius 1 is 1.57 bits per heavy atom. The smallest absolute Gasteiger partial charge is 0.413 e. The second-order valence-corrected chi connectivity index (χ2v) is 9.15. The van der Waals surface area contributed by atoms with E-state index in [2.05, 4.69) is 5.09 Å². The van der Waals surface area contributed by atoms with E-state index in [1.165, 1.54) is 18.5 Å². The van der Waals surface area contributed by atoms with Crippen LogP contribution in [-0.4, -0.2) is 25.6 Å². The number of nitrogens with one attached hydrogen (secondary N) is 1. The molecule has 0 saturated heterocycles.